The zero-order valence-corrected chi connectivity index (χ0v) is 17.8. The highest BCUT2D eigenvalue weighted by molar-refractivity contribution is 5.80. The Hall–Kier alpha value is -1.71. The second-order valence-corrected chi connectivity index (χ2v) is 8.87. The summed E-state index contributed by atoms with van der Waals surface area (Å²) in [7, 11) is 1.64. The second-order valence-electron chi connectivity index (χ2n) is 8.87. The Morgan fingerprint density at radius 1 is 1.17 bits per heavy atom. The Kier molecular flexibility index (Phi) is 8.02. The molecule has 1 amide bonds. The van der Waals surface area contributed by atoms with Gasteiger partial charge < -0.3 is 20.3 Å². The van der Waals surface area contributed by atoms with Crippen LogP contribution >= 0.6 is 0 Å². The summed E-state index contributed by atoms with van der Waals surface area (Å²) in [6.45, 7) is 7.37. The summed E-state index contributed by atoms with van der Waals surface area (Å²) in [4.78, 5) is 19.6. The van der Waals surface area contributed by atoms with Crippen molar-refractivity contribution in [1.29, 1.82) is 0 Å². The first kappa shape index (κ1) is 23.6. The maximum atomic E-state index is 12.5. The fraction of sp³-hybridized carbons (Fsp3) is 0.895. The van der Waals surface area contributed by atoms with Gasteiger partial charge in [-0.25, -0.2) is 4.79 Å². The summed E-state index contributed by atoms with van der Waals surface area (Å²) in [5.74, 6) is 0.846. The van der Waals surface area contributed by atoms with E-state index in [1.54, 1.807) is 11.9 Å². The van der Waals surface area contributed by atoms with Crippen molar-refractivity contribution in [2.24, 2.45) is 10.9 Å². The van der Waals surface area contributed by atoms with E-state index >= 15 is 0 Å². The molecule has 0 aliphatic carbocycles. The van der Waals surface area contributed by atoms with E-state index in [4.69, 9.17) is 4.74 Å². The summed E-state index contributed by atoms with van der Waals surface area (Å²) in [6.07, 6.45) is -1.92. The monoisotopic (exact) mass is 421 g/mol. The fourth-order valence-corrected chi connectivity index (χ4v) is 3.70. The van der Waals surface area contributed by atoms with Crippen LogP contribution in [-0.2, 0) is 4.74 Å². The zero-order valence-electron chi connectivity index (χ0n) is 17.8. The van der Waals surface area contributed by atoms with Crippen molar-refractivity contribution in [3.05, 3.63) is 0 Å². The van der Waals surface area contributed by atoms with Gasteiger partial charge in [0, 0.05) is 45.8 Å². The van der Waals surface area contributed by atoms with Gasteiger partial charge in [0.25, 0.3) is 0 Å². The zero-order chi connectivity index (χ0) is 21.7. The van der Waals surface area contributed by atoms with E-state index in [2.05, 4.69) is 15.6 Å². The summed E-state index contributed by atoms with van der Waals surface area (Å²) < 4.78 is 43.1. The third-order valence-electron chi connectivity index (χ3n) is 4.97. The molecule has 2 N–H and O–H groups in total. The molecule has 2 heterocycles. The average Bonchev–Trinajstić information content (AvgIpc) is 3.02. The minimum absolute atomic E-state index is 0.0619. The maximum absolute atomic E-state index is 12.5. The molecular formula is C19H34F3N5O2. The number of amides is 1. The van der Waals surface area contributed by atoms with Gasteiger partial charge in [-0.2, -0.15) is 13.2 Å². The van der Waals surface area contributed by atoms with Gasteiger partial charge in [0.15, 0.2) is 5.96 Å². The Morgan fingerprint density at radius 2 is 1.90 bits per heavy atom. The average molecular weight is 422 g/mol. The molecule has 10 heteroatoms. The highest BCUT2D eigenvalue weighted by atomic mass is 19.4. The summed E-state index contributed by atoms with van der Waals surface area (Å²) >= 11 is 0. The molecule has 29 heavy (non-hydrogen) atoms. The summed E-state index contributed by atoms with van der Waals surface area (Å²) in [5, 5.41) is 6.47. The van der Waals surface area contributed by atoms with Crippen molar-refractivity contribution < 1.29 is 22.7 Å². The maximum Gasteiger partial charge on any atom is 0.410 e. The van der Waals surface area contributed by atoms with Crippen LogP contribution in [-0.4, -0.2) is 86.0 Å². The van der Waals surface area contributed by atoms with Gasteiger partial charge in [-0.1, -0.05) is 0 Å². The number of nitrogens with zero attached hydrogens (tertiary/aromatic N) is 3. The van der Waals surface area contributed by atoms with E-state index in [-0.39, 0.29) is 18.1 Å². The van der Waals surface area contributed by atoms with Crippen molar-refractivity contribution >= 4 is 12.1 Å². The number of likely N-dealkylation sites (tertiary alicyclic amines) is 2. The molecule has 2 fully saturated rings. The van der Waals surface area contributed by atoms with Crippen LogP contribution in [0.5, 0.6) is 0 Å². The lowest BCUT2D eigenvalue weighted by Crippen LogP contribution is -2.49. The molecule has 0 spiro atoms. The number of halogens is 3. The van der Waals surface area contributed by atoms with Crippen molar-refractivity contribution in [3.8, 4) is 0 Å². The normalized spacial score (nSPS) is 24.5. The van der Waals surface area contributed by atoms with Gasteiger partial charge >= 0.3 is 12.3 Å². The highest BCUT2D eigenvalue weighted by Crippen LogP contribution is 2.20. The minimum atomic E-state index is -4.17. The number of rotatable bonds is 4. The topological polar surface area (TPSA) is 69.2 Å². The molecule has 0 aromatic carbocycles. The van der Waals surface area contributed by atoms with Gasteiger partial charge in [-0.15, -0.1) is 0 Å². The SMILES string of the molecule is CN=C(NCC1CCCN(C(=O)OC(C)(C)C)C1)NC1CCN(CC(F)(F)F)C1. The van der Waals surface area contributed by atoms with Crippen molar-refractivity contribution in [2.75, 3.05) is 46.3 Å². The number of carbonyl (C=O) groups is 1. The smallest absolute Gasteiger partial charge is 0.410 e. The predicted molar refractivity (Wildman–Crippen MR) is 106 cm³/mol. The Morgan fingerprint density at radius 3 is 2.52 bits per heavy atom. The number of nitrogens with one attached hydrogen (secondary N) is 2. The number of alkyl halides is 3. The third kappa shape index (κ3) is 8.67. The van der Waals surface area contributed by atoms with Gasteiger partial charge in [0.05, 0.1) is 6.54 Å². The molecule has 2 rings (SSSR count). The second kappa shape index (κ2) is 9.86. The molecule has 0 saturated carbocycles. The van der Waals surface area contributed by atoms with E-state index in [9.17, 15) is 18.0 Å². The number of aliphatic imine (C=N–C) groups is 1. The van der Waals surface area contributed by atoms with E-state index in [1.165, 1.54) is 4.90 Å². The van der Waals surface area contributed by atoms with Crippen LogP contribution in [0.1, 0.15) is 40.0 Å². The molecule has 2 atom stereocenters. The first-order valence-corrected chi connectivity index (χ1v) is 10.2. The Bertz CT molecular complexity index is 577. The quantitative estimate of drug-likeness (QED) is 0.539. The molecule has 0 aromatic rings. The Balaban J connectivity index is 1.75. The first-order chi connectivity index (χ1) is 13.4. The third-order valence-corrected chi connectivity index (χ3v) is 4.97. The molecular weight excluding hydrogens is 387 g/mol. The molecule has 0 bridgehead atoms. The van der Waals surface area contributed by atoms with Gasteiger partial charge in [0.2, 0.25) is 0 Å². The Labute approximate surface area is 171 Å². The predicted octanol–water partition coefficient (Wildman–Crippen LogP) is 2.44. The summed E-state index contributed by atoms with van der Waals surface area (Å²) in [5.41, 5.74) is -0.518. The number of piperidine rings is 1. The van der Waals surface area contributed by atoms with E-state index in [0.717, 1.165) is 12.8 Å². The van der Waals surface area contributed by atoms with Gasteiger partial charge in [-0.3, -0.25) is 9.89 Å². The van der Waals surface area contributed by atoms with E-state index in [1.807, 2.05) is 20.8 Å². The molecule has 2 aliphatic rings. The van der Waals surface area contributed by atoms with Crippen LogP contribution in [0.2, 0.25) is 0 Å². The van der Waals surface area contributed by atoms with Crippen LogP contribution in [0.3, 0.4) is 0 Å². The standard InChI is InChI=1S/C19H34F3N5O2/c1-18(2,3)29-17(28)27-8-5-6-14(11-27)10-24-16(23-4)25-15-7-9-26(12-15)13-19(20,21)22/h14-15H,5-13H2,1-4H3,(H2,23,24,25). The number of guanidine groups is 1. The minimum Gasteiger partial charge on any atom is -0.444 e. The summed E-state index contributed by atoms with van der Waals surface area (Å²) in [6, 6.07) is -0.0619. The van der Waals surface area contributed by atoms with E-state index in [0.29, 0.717) is 45.1 Å². The molecule has 2 saturated heterocycles. The lowest BCUT2D eigenvalue weighted by atomic mass is 9.98. The number of hydrogen-bond donors (Lipinski definition) is 2. The number of ether oxygens (including phenoxy) is 1. The molecule has 0 radical (unpaired) electrons. The molecule has 2 unspecified atom stereocenters. The van der Waals surface area contributed by atoms with Crippen LogP contribution in [0.15, 0.2) is 4.99 Å². The molecule has 7 nitrogen and oxygen atoms in total. The fourth-order valence-electron chi connectivity index (χ4n) is 3.70. The molecule has 168 valence electrons. The van der Waals surface area contributed by atoms with Crippen molar-refractivity contribution in [1.82, 2.24) is 20.4 Å². The van der Waals surface area contributed by atoms with Crippen LogP contribution in [0.4, 0.5) is 18.0 Å². The van der Waals surface area contributed by atoms with Gasteiger partial charge in [0.1, 0.15) is 5.60 Å². The lowest BCUT2D eigenvalue weighted by Gasteiger charge is -2.34. The van der Waals surface area contributed by atoms with Crippen molar-refractivity contribution in [3.63, 3.8) is 0 Å². The van der Waals surface area contributed by atoms with Crippen molar-refractivity contribution in [2.45, 2.75) is 57.9 Å². The number of carbonyl (C=O) groups excluding carboxylic acids is 1. The lowest BCUT2D eigenvalue weighted by molar-refractivity contribution is -0.143. The molecule has 2 aliphatic heterocycles. The highest BCUT2D eigenvalue weighted by Gasteiger charge is 2.34. The molecule has 0 aromatic heterocycles. The largest absolute Gasteiger partial charge is 0.444 e. The van der Waals surface area contributed by atoms with Gasteiger partial charge in [-0.05, 0) is 46.0 Å². The van der Waals surface area contributed by atoms with Crippen LogP contribution < -0.4 is 10.6 Å². The van der Waals surface area contributed by atoms with Crippen LogP contribution in [0, 0.1) is 5.92 Å². The number of hydrogen-bond acceptors (Lipinski definition) is 4. The van der Waals surface area contributed by atoms with Crippen LogP contribution in [0.25, 0.3) is 0 Å². The van der Waals surface area contributed by atoms with E-state index < -0.39 is 18.3 Å². The first-order valence-electron chi connectivity index (χ1n) is 10.2.